The molecule has 0 aliphatic heterocycles. The predicted octanol–water partition coefficient (Wildman–Crippen LogP) is 3.60. The Balaban J connectivity index is 1.95. The van der Waals surface area contributed by atoms with E-state index in [4.69, 9.17) is 5.14 Å². The van der Waals surface area contributed by atoms with Crippen LogP contribution in [0.25, 0.3) is 11.8 Å². The molecule has 3 aromatic rings. The number of nitrogens with two attached hydrogens (primary N) is 1. The Hall–Kier alpha value is -3.67. The fourth-order valence-electron chi connectivity index (χ4n) is 3.32. The van der Waals surface area contributed by atoms with E-state index in [0.717, 1.165) is 22.6 Å². The van der Waals surface area contributed by atoms with E-state index in [1.807, 2.05) is 55.7 Å². The number of benzene rings is 2. The van der Waals surface area contributed by atoms with E-state index in [9.17, 15) is 18.5 Å². The van der Waals surface area contributed by atoms with Crippen molar-refractivity contribution in [3.8, 4) is 11.8 Å². The molecule has 1 heterocycles. The molecule has 0 bridgehead atoms. The molecule has 1 aromatic heterocycles. The van der Waals surface area contributed by atoms with Crippen LogP contribution in [0, 0.1) is 32.1 Å². The Morgan fingerprint density at radius 3 is 2.32 bits per heavy atom. The van der Waals surface area contributed by atoms with E-state index in [-0.39, 0.29) is 10.5 Å². The number of para-hydroxylation sites is 1. The molecule has 158 valence electrons. The average Bonchev–Trinajstić information content (AvgIpc) is 3.00. The Morgan fingerprint density at radius 2 is 1.74 bits per heavy atom. The lowest BCUT2D eigenvalue weighted by Gasteiger charge is -2.10. The fraction of sp³-hybridized carbons (Fsp3) is 0.130. The fourth-order valence-corrected chi connectivity index (χ4v) is 3.84. The van der Waals surface area contributed by atoms with Gasteiger partial charge in [-0.05, 0) is 74.4 Å². The summed E-state index contributed by atoms with van der Waals surface area (Å²) in [5, 5.41) is 17.5. The number of hydrogen-bond donors (Lipinski definition) is 2. The minimum absolute atomic E-state index is 0.0203. The number of sulfonamides is 1. The zero-order chi connectivity index (χ0) is 22.8. The number of nitrogens with one attached hydrogen (secondary N) is 1. The van der Waals surface area contributed by atoms with Crippen LogP contribution < -0.4 is 10.5 Å². The minimum atomic E-state index is -3.77. The maximum Gasteiger partial charge on any atom is 0.266 e. The minimum Gasteiger partial charge on any atom is -0.321 e. The van der Waals surface area contributed by atoms with Crippen molar-refractivity contribution in [2.75, 3.05) is 5.32 Å². The number of rotatable bonds is 5. The van der Waals surface area contributed by atoms with Crippen molar-refractivity contribution in [1.82, 2.24) is 4.57 Å². The monoisotopic (exact) mass is 434 g/mol. The second-order valence-corrected chi connectivity index (χ2v) is 8.70. The van der Waals surface area contributed by atoms with Gasteiger partial charge in [0.25, 0.3) is 5.91 Å². The third kappa shape index (κ3) is 4.74. The molecule has 3 N–H and O–H groups in total. The maximum atomic E-state index is 12.6. The van der Waals surface area contributed by atoms with Crippen LogP contribution >= 0.6 is 0 Å². The van der Waals surface area contributed by atoms with Gasteiger partial charge in [-0.2, -0.15) is 5.26 Å². The first kappa shape index (κ1) is 22.0. The van der Waals surface area contributed by atoms with Crippen molar-refractivity contribution in [3.63, 3.8) is 0 Å². The van der Waals surface area contributed by atoms with E-state index >= 15 is 0 Å². The molecular formula is C23H22N4O3S. The number of aromatic nitrogens is 1. The van der Waals surface area contributed by atoms with Crippen molar-refractivity contribution in [3.05, 3.63) is 82.7 Å². The number of anilines is 1. The summed E-state index contributed by atoms with van der Waals surface area (Å²) >= 11 is 0. The molecule has 2 aromatic carbocycles. The van der Waals surface area contributed by atoms with Gasteiger partial charge in [0.05, 0.1) is 4.90 Å². The smallest absolute Gasteiger partial charge is 0.266 e. The SMILES string of the molecule is Cc1ccccc1NC(=O)/C(C#N)=C\c1cc(C)n(-c2ccc(S(N)(=O)=O)cc2)c1C. The van der Waals surface area contributed by atoms with Gasteiger partial charge in [0.2, 0.25) is 10.0 Å². The molecule has 1 amide bonds. The molecule has 0 radical (unpaired) electrons. The molecule has 0 aliphatic rings. The largest absolute Gasteiger partial charge is 0.321 e. The Kier molecular flexibility index (Phi) is 6.11. The molecular weight excluding hydrogens is 412 g/mol. The van der Waals surface area contributed by atoms with Crippen LogP contribution in [0.1, 0.15) is 22.5 Å². The summed E-state index contributed by atoms with van der Waals surface area (Å²) in [4.78, 5) is 12.7. The highest BCUT2D eigenvalue weighted by molar-refractivity contribution is 7.89. The topological polar surface area (TPSA) is 118 Å². The van der Waals surface area contributed by atoms with Gasteiger partial charge in [0.15, 0.2) is 0 Å². The van der Waals surface area contributed by atoms with Gasteiger partial charge in [-0.1, -0.05) is 18.2 Å². The third-order valence-corrected chi connectivity index (χ3v) is 5.88. The molecule has 0 aliphatic carbocycles. The highest BCUT2D eigenvalue weighted by Crippen LogP contribution is 2.24. The molecule has 3 rings (SSSR count). The van der Waals surface area contributed by atoms with Crippen LogP contribution in [0.3, 0.4) is 0 Å². The molecule has 0 unspecified atom stereocenters. The summed E-state index contributed by atoms with van der Waals surface area (Å²) in [7, 11) is -3.77. The van der Waals surface area contributed by atoms with Crippen LogP contribution in [-0.2, 0) is 14.8 Å². The second kappa shape index (κ2) is 8.60. The standard InChI is InChI=1S/C23H22N4O3S/c1-15-6-4-5-7-22(15)26-23(28)19(14-24)13-18-12-16(2)27(17(18)3)20-8-10-21(11-9-20)31(25,29)30/h4-13H,1-3H3,(H,26,28)(H2,25,29,30)/b19-13-. The summed E-state index contributed by atoms with van der Waals surface area (Å²) in [6.45, 7) is 5.62. The molecule has 8 heteroatoms. The normalized spacial score (nSPS) is 11.8. The van der Waals surface area contributed by atoms with Crippen LogP contribution in [0.2, 0.25) is 0 Å². The molecule has 0 fully saturated rings. The van der Waals surface area contributed by atoms with Gasteiger partial charge < -0.3 is 9.88 Å². The summed E-state index contributed by atoms with van der Waals surface area (Å²) in [5.74, 6) is -0.487. The van der Waals surface area contributed by atoms with Crippen LogP contribution in [0.5, 0.6) is 0 Å². The number of carbonyl (C=O) groups is 1. The number of primary sulfonamides is 1. The predicted molar refractivity (Wildman–Crippen MR) is 120 cm³/mol. The lowest BCUT2D eigenvalue weighted by molar-refractivity contribution is -0.112. The van der Waals surface area contributed by atoms with E-state index in [2.05, 4.69) is 5.32 Å². The first-order valence-electron chi connectivity index (χ1n) is 9.43. The molecule has 0 atom stereocenters. The molecule has 31 heavy (non-hydrogen) atoms. The second-order valence-electron chi connectivity index (χ2n) is 7.14. The third-order valence-electron chi connectivity index (χ3n) is 4.95. The van der Waals surface area contributed by atoms with Crippen molar-refractivity contribution in [2.24, 2.45) is 5.14 Å². The van der Waals surface area contributed by atoms with E-state index in [1.54, 1.807) is 24.3 Å². The number of nitrogens with zero attached hydrogens (tertiary/aromatic N) is 2. The average molecular weight is 435 g/mol. The summed E-state index contributed by atoms with van der Waals surface area (Å²) < 4.78 is 24.9. The number of aryl methyl sites for hydroxylation is 2. The van der Waals surface area contributed by atoms with Gasteiger partial charge in [0.1, 0.15) is 11.6 Å². The van der Waals surface area contributed by atoms with Crippen molar-refractivity contribution >= 4 is 27.7 Å². The van der Waals surface area contributed by atoms with E-state index < -0.39 is 15.9 Å². The van der Waals surface area contributed by atoms with Gasteiger partial charge in [0, 0.05) is 22.8 Å². The molecule has 0 saturated carbocycles. The molecule has 0 spiro atoms. The Labute approximate surface area is 181 Å². The first-order valence-corrected chi connectivity index (χ1v) is 11.0. The quantitative estimate of drug-likeness (QED) is 0.471. The van der Waals surface area contributed by atoms with Gasteiger partial charge in [-0.25, -0.2) is 13.6 Å². The number of nitriles is 1. The van der Waals surface area contributed by atoms with Crippen molar-refractivity contribution in [1.29, 1.82) is 5.26 Å². The zero-order valence-electron chi connectivity index (χ0n) is 17.4. The Bertz CT molecular complexity index is 1330. The highest BCUT2D eigenvalue weighted by Gasteiger charge is 2.15. The van der Waals surface area contributed by atoms with Crippen LogP contribution in [-0.4, -0.2) is 18.9 Å². The van der Waals surface area contributed by atoms with E-state index in [1.165, 1.54) is 12.1 Å². The summed E-state index contributed by atoms with van der Waals surface area (Å²) in [6.07, 6.45) is 1.55. The van der Waals surface area contributed by atoms with Crippen molar-refractivity contribution < 1.29 is 13.2 Å². The summed E-state index contributed by atoms with van der Waals surface area (Å²) in [5.41, 5.74) is 4.65. The van der Waals surface area contributed by atoms with Gasteiger partial charge in [-0.3, -0.25) is 4.79 Å². The van der Waals surface area contributed by atoms with Gasteiger partial charge >= 0.3 is 0 Å². The lowest BCUT2D eigenvalue weighted by atomic mass is 10.1. The number of carbonyl (C=O) groups excluding carboxylic acids is 1. The van der Waals surface area contributed by atoms with Crippen LogP contribution in [0.4, 0.5) is 5.69 Å². The zero-order valence-corrected chi connectivity index (χ0v) is 18.2. The van der Waals surface area contributed by atoms with E-state index in [0.29, 0.717) is 11.3 Å². The highest BCUT2D eigenvalue weighted by atomic mass is 32.2. The first-order chi connectivity index (χ1) is 14.6. The van der Waals surface area contributed by atoms with Gasteiger partial charge in [-0.15, -0.1) is 0 Å². The molecule has 0 saturated heterocycles. The Morgan fingerprint density at radius 1 is 1.10 bits per heavy atom. The lowest BCUT2D eigenvalue weighted by Crippen LogP contribution is -2.14. The number of hydrogen-bond acceptors (Lipinski definition) is 4. The van der Waals surface area contributed by atoms with Crippen molar-refractivity contribution in [2.45, 2.75) is 25.7 Å². The maximum absolute atomic E-state index is 12.6. The molecule has 7 nitrogen and oxygen atoms in total. The summed E-state index contributed by atoms with van der Waals surface area (Å²) in [6, 6.07) is 17.4. The van der Waals surface area contributed by atoms with Crippen LogP contribution in [0.15, 0.2) is 65.1 Å². The number of amides is 1.